The number of amides is 1. The Kier molecular flexibility index (Phi) is 5.15. The zero-order valence-electron chi connectivity index (χ0n) is 10.5. The Morgan fingerprint density at radius 1 is 1.00 bits per heavy atom. The molecule has 0 saturated heterocycles. The summed E-state index contributed by atoms with van der Waals surface area (Å²) >= 11 is 6.37. The van der Waals surface area contributed by atoms with E-state index in [4.69, 9.17) is 0 Å². The van der Waals surface area contributed by atoms with Crippen LogP contribution in [0.25, 0.3) is 0 Å². The van der Waals surface area contributed by atoms with Gasteiger partial charge in [-0.1, -0.05) is 34.1 Å². The maximum atomic E-state index is 12.2. The van der Waals surface area contributed by atoms with Gasteiger partial charge in [0.25, 0.3) is 15.9 Å². The summed E-state index contributed by atoms with van der Waals surface area (Å²) in [5.41, 5.74) is 2.53. The fourth-order valence-corrected chi connectivity index (χ4v) is 3.86. The summed E-state index contributed by atoms with van der Waals surface area (Å²) in [6, 6.07) is 13.0. The molecule has 2 aromatic rings. The highest BCUT2D eigenvalue weighted by atomic mass is 79.9. The first-order chi connectivity index (χ1) is 9.90. The molecule has 0 fully saturated rings. The van der Waals surface area contributed by atoms with Gasteiger partial charge in [-0.3, -0.25) is 10.2 Å². The monoisotopic (exact) mass is 432 g/mol. The molecular weight excluding hydrogens is 424 g/mol. The summed E-state index contributed by atoms with van der Waals surface area (Å²) in [5, 5.41) is 0. The highest BCUT2D eigenvalue weighted by Crippen LogP contribution is 2.25. The Morgan fingerprint density at radius 2 is 1.67 bits per heavy atom. The molecule has 2 N–H and O–H groups in total. The summed E-state index contributed by atoms with van der Waals surface area (Å²) in [7, 11) is -3.88. The van der Waals surface area contributed by atoms with Crippen molar-refractivity contribution in [3.8, 4) is 0 Å². The van der Waals surface area contributed by atoms with Crippen LogP contribution in [-0.4, -0.2) is 14.3 Å². The first-order valence-corrected chi connectivity index (χ1v) is 8.79. The van der Waals surface area contributed by atoms with E-state index in [1.54, 1.807) is 42.5 Å². The average molecular weight is 434 g/mol. The normalized spacial score (nSPS) is 11.1. The largest absolute Gasteiger partial charge is 0.273 e. The number of hydrogen-bond donors (Lipinski definition) is 2. The number of carbonyl (C=O) groups is 1. The molecule has 0 aromatic heterocycles. The van der Waals surface area contributed by atoms with Gasteiger partial charge >= 0.3 is 0 Å². The molecule has 0 saturated carbocycles. The minimum absolute atomic E-state index is 0.0187. The molecule has 1 amide bonds. The van der Waals surface area contributed by atoms with Gasteiger partial charge in [0.1, 0.15) is 0 Å². The second-order valence-electron chi connectivity index (χ2n) is 4.00. The second kappa shape index (κ2) is 6.69. The van der Waals surface area contributed by atoms with Gasteiger partial charge in [-0.05, 0) is 46.3 Å². The Hall–Kier alpha value is -1.22. The first kappa shape index (κ1) is 16.2. The van der Waals surface area contributed by atoms with Crippen LogP contribution in [-0.2, 0) is 10.0 Å². The zero-order chi connectivity index (χ0) is 15.5. The topological polar surface area (TPSA) is 75.3 Å². The maximum Gasteiger partial charge on any atom is 0.266 e. The molecule has 2 aromatic carbocycles. The smallest absolute Gasteiger partial charge is 0.266 e. The predicted molar refractivity (Wildman–Crippen MR) is 86.1 cm³/mol. The molecule has 0 radical (unpaired) electrons. The number of rotatable bonds is 4. The second-order valence-corrected chi connectivity index (χ2v) is 7.42. The lowest BCUT2D eigenvalue weighted by molar-refractivity contribution is 0.0945. The third-order valence-corrected chi connectivity index (χ3v) is 5.25. The van der Waals surface area contributed by atoms with Crippen LogP contribution in [0.15, 0.2) is 62.4 Å². The summed E-state index contributed by atoms with van der Waals surface area (Å²) in [6.45, 7) is 0. The van der Waals surface area contributed by atoms with E-state index in [0.29, 0.717) is 14.5 Å². The van der Waals surface area contributed by atoms with E-state index in [1.165, 1.54) is 6.07 Å². The van der Waals surface area contributed by atoms with Crippen molar-refractivity contribution in [3.05, 3.63) is 63.0 Å². The Bertz CT molecular complexity index is 764. The fraction of sp³-hybridized carbons (Fsp3) is 0. The first-order valence-electron chi connectivity index (χ1n) is 5.72. The minimum Gasteiger partial charge on any atom is -0.273 e. The van der Waals surface area contributed by atoms with Gasteiger partial charge in [-0.25, -0.2) is 8.42 Å². The van der Waals surface area contributed by atoms with Crippen molar-refractivity contribution in [2.24, 2.45) is 0 Å². The molecule has 0 spiro atoms. The van der Waals surface area contributed by atoms with Gasteiger partial charge in [0.15, 0.2) is 0 Å². The van der Waals surface area contributed by atoms with E-state index in [0.717, 1.165) is 0 Å². The van der Waals surface area contributed by atoms with Gasteiger partial charge in [0, 0.05) is 14.5 Å². The van der Waals surface area contributed by atoms with Crippen molar-refractivity contribution >= 4 is 47.8 Å². The highest BCUT2D eigenvalue weighted by molar-refractivity contribution is 9.11. The van der Waals surface area contributed by atoms with Gasteiger partial charge in [-0.15, -0.1) is 4.83 Å². The molecule has 8 heteroatoms. The van der Waals surface area contributed by atoms with Gasteiger partial charge in [0.2, 0.25) is 0 Å². The van der Waals surface area contributed by atoms with Crippen molar-refractivity contribution in [1.29, 1.82) is 0 Å². The third kappa shape index (κ3) is 4.13. The number of benzene rings is 2. The van der Waals surface area contributed by atoms with Crippen molar-refractivity contribution < 1.29 is 13.2 Å². The van der Waals surface area contributed by atoms with E-state index >= 15 is 0 Å². The zero-order valence-corrected chi connectivity index (χ0v) is 14.5. The minimum atomic E-state index is -3.88. The molecule has 2 rings (SSSR count). The molecule has 5 nitrogen and oxygen atoms in total. The molecule has 110 valence electrons. The number of halogens is 2. The molecule has 0 atom stereocenters. The van der Waals surface area contributed by atoms with Crippen LogP contribution in [0, 0.1) is 0 Å². The molecule has 0 heterocycles. The quantitative estimate of drug-likeness (QED) is 0.728. The maximum absolute atomic E-state index is 12.2. The van der Waals surface area contributed by atoms with E-state index < -0.39 is 15.9 Å². The van der Waals surface area contributed by atoms with Crippen molar-refractivity contribution in [2.45, 2.75) is 4.90 Å². The Labute approximate surface area is 139 Å². The van der Waals surface area contributed by atoms with Crippen LogP contribution >= 0.6 is 31.9 Å². The fourth-order valence-electron chi connectivity index (χ4n) is 1.51. The lowest BCUT2D eigenvalue weighted by Crippen LogP contribution is -2.41. The van der Waals surface area contributed by atoms with Crippen molar-refractivity contribution in [2.75, 3.05) is 0 Å². The molecule has 0 aliphatic heterocycles. The van der Waals surface area contributed by atoms with Gasteiger partial charge in [0.05, 0.1) is 4.90 Å². The van der Waals surface area contributed by atoms with E-state index in [1.807, 2.05) is 0 Å². The molecular formula is C13H10Br2N2O3S. The van der Waals surface area contributed by atoms with Crippen LogP contribution in [0.1, 0.15) is 10.4 Å². The number of hydrogen-bond acceptors (Lipinski definition) is 3. The summed E-state index contributed by atoms with van der Waals surface area (Å²) < 4.78 is 25.3. The average Bonchev–Trinajstić information content (AvgIpc) is 2.48. The molecule has 0 bridgehead atoms. The number of sulfonamides is 1. The molecule has 0 unspecified atom stereocenters. The van der Waals surface area contributed by atoms with E-state index in [9.17, 15) is 13.2 Å². The third-order valence-electron chi connectivity index (χ3n) is 2.52. The van der Waals surface area contributed by atoms with Crippen LogP contribution in [0.2, 0.25) is 0 Å². The predicted octanol–water partition coefficient (Wildman–Crippen LogP) is 2.83. The van der Waals surface area contributed by atoms with Crippen LogP contribution < -0.4 is 10.3 Å². The van der Waals surface area contributed by atoms with E-state index in [-0.39, 0.29) is 4.90 Å². The lowest BCUT2D eigenvalue weighted by Gasteiger charge is -2.10. The number of carbonyl (C=O) groups excluding carboxylic acids is 1. The number of nitrogens with one attached hydrogen (secondary N) is 2. The molecule has 21 heavy (non-hydrogen) atoms. The summed E-state index contributed by atoms with van der Waals surface area (Å²) in [5.74, 6) is -0.537. The van der Waals surface area contributed by atoms with Crippen molar-refractivity contribution in [1.82, 2.24) is 10.3 Å². The van der Waals surface area contributed by atoms with E-state index in [2.05, 4.69) is 42.1 Å². The Morgan fingerprint density at radius 3 is 2.33 bits per heavy atom. The van der Waals surface area contributed by atoms with Gasteiger partial charge < -0.3 is 0 Å². The highest BCUT2D eigenvalue weighted by Gasteiger charge is 2.19. The Balaban J connectivity index is 2.15. The molecule has 0 aliphatic carbocycles. The lowest BCUT2D eigenvalue weighted by atomic mass is 10.2. The van der Waals surface area contributed by atoms with Crippen LogP contribution in [0.3, 0.4) is 0 Å². The van der Waals surface area contributed by atoms with Crippen LogP contribution in [0.4, 0.5) is 0 Å². The standard InChI is InChI=1S/C13H10Br2N2O3S/c14-10-6-7-11(15)12(8-10)21(19,20)17-16-13(18)9-4-2-1-3-5-9/h1-8,17H,(H,16,18). The molecule has 0 aliphatic rings. The summed E-state index contributed by atoms with van der Waals surface area (Å²) in [6.07, 6.45) is 0. The van der Waals surface area contributed by atoms with Crippen LogP contribution in [0.5, 0.6) is 0 Å². The van der Waals surface area contributed by atoms with Crippen molar-refractivity contribution in [3.63, 3.8) is 0 Å². The SMILES string of the molecule is O=C(NNS(=O)(=O)c1cc(Br)ccc1Br)c1ccccc1. The van der Waals surface area contributed by atoms with Gasteiger partial charge in [-0.2, -0.15) is 0 Å². The summed E-state index contributed by atoms with van der Waals surface area (Å²) in [4.78, 5) is 13.9. The number of hydrazine groups is 1.